The van der Waals surface area contributed by atoms with Gasteiger partial charge in [-0.1, -0.05) is 0 Å². The molecule has 1 atom stereocenters. The second-order valence-corrected chi connectivity index (χ2v) is 4.77. The van der Waals surface area contributed by atoms with E-state index in [9.17, 15) is 14.4 Å². The highest BCUT2D eigenvalue weighted by molar-refractivity contribution is 9.10. The van der Waals surface area contributed by atoms with Crippen molar-refractivity contribution in [3.05, 3.63) is 28.2 Å². The summed E-state index contributed by atoms with van der Waals surface area (Å²) in [7, 11) is 0. The van der Waals surface area contributed by atoms with Gasteiger partial charge in [0, 0.05) is 12.1 Å². The molecule has 0 saturated carbocycles. The maximum absolute atomic E-state index is 11.7. The van der Waals surface area contributed by atoms with E-state index in [4.69, 9.17) is 4.74 Å². The average molecular weight is 343 g/mol. The molecular weight excluding hydrogens is 328 g/mol. The van der Waals surface area contributed by atoms with Gasteiger partial charge < -0.3 is 10.1 Å². The molecule has 20 heavy (non-hydrogen) atoms. The number of carbonyl (C=O) groups excluding carboxylic acids is 3. The van der Waals surface area contributed by atoms with Crippen LogP contribution in [0.3, 0.4) is 0 Å². The Labute approximate surface area is 125 Å². The fourth-order valence-electron chi connectivity index (χ4n) is 1.35. The Balaban J connectivity index is 2.65. The van der Waals surface area contributed by atoms with Gasteiger partial charge in [0.05, 0.1) is 4.47 Å². The third-order valence-corrected chi connectivity index (χ3v) is 2.96. The van der Waals surface area contributed by atoms with Crippen molar-refractivity contribution in [1.29, 1.82) is 0 Å². The number of ether oxygens (including phenoxy) is 1. The summed E-state index contributed by atoms with van der Waals surface area (Å²) in [6.45, 7) is 3.69. The number of nitrogens with one attached hydrogen (secondary N) is 2. The Kier molecular flexibility index (Phi) is 6.17. The Hall–Kier alpha value is -1.89. The minimum Gasteiger partial charge on any atom is -0.480 e. The molecule has 108 valence electrons. The van der Waals surface area contributed by atoms with Gasteiger partial charge in [-0.05, 0) is 48.0 Å². The zero-order chi connectivity index (χ0) is 15.1. The molecule has 1 unspecified atom stereocenters. The van der Waals surface area contributed by atoms with Crippen LogP contribution in [-0.2, 0) is 4.79 Å². The summed E-state index contributed by atoms with van der Waals surface area (Å²) in [4.78, 5) is 33.5. The number of hydrogen-bond donors (Lipinski definition) is 2. The summed E-state index contributed by atoms with van der Waals surface area (Å²) in [5, 5.41) is 4.60. The van der Waals surface area contributed by atoms with Gasteiger partial charge >= 0.3 is 6.03 Å². The van der Waals surface area contributed by atoms with Crippen LogP contribution in [0.1, 0.15) is 24.2 Å². The lowest BCUT2D eigenvalue weighted by molar-refractivity contribution is -0.126. The number of aldehydes is 1. The molecule has 0 radical (unpaired) electrons. The normalized spacial score (nSPS) is 11.3. The summed E-state index contributed by atoms with van der Waals surface area (Å²) < 4.78 is 5.99. The van der Waals surface area contributed by atoms with Crippen LogP contribution in [-0.4, -0.2) is 30.9 Å². The zero-order valence-corrected chi connectivity index (χ0v) is 12.7. The molecule has 3 amide bonds. The monoisotopic (exact) mass is 342 g/mol. The molecule has 7 heteroatoms. The van der Waals surface area contributed by atoms with Gasteiger partial charge in [0.2, 0.25) is 0 Å². The van der Waals surface area contributed by atoms with E-state index < -0.39 is 18.0 Å². The smallest absolute Gasteiger partial charge is 0.321 e. The zero-order valence-electron chi connectivity index (χ0n) is 11.1. The molecule has 0 aliphatic carbocycles. The van der Waals surface area contributed by atoms with E-state index in [2.05, 4.69) is 26.6 Å². The number of hydrogen-bond acceptors (Lipinski definition) is 4. The SMILES string of the molecule is CCNC(=O)NC(=O)C(C)Oc1ccc(C=O)cc1Br. The van der Waals surface area contributed by atoms with E-state index >= 15 is 0 Å². The molecule has 1 rings (SSSR count). The maximum Gasteiger partial charge on any atom is 0.321 e. The molecule has 0 heterocycles. The number of amides is 3. The van der Waals surface area contributed by atoms with E-state index in [1.165, 1.54) is 6.92 Å². The molecule has 0 aromatic heterocycles. The van der Waals surface area contributed by atoms with E-state index in [-0.39, 0.29) is 0 Å². The predicted octanol–water partition coefficient (Wildman–Crippen LogP) is 1.87. The van der Waals surface area contributed by atoms with Crippen LogP contribution in [0.25, 0.3) is 0 Å². The van der Waals surface area contributed by atoms with Gasteiger partial charge in [0.1, 0.15) is 12.0 Å². The Morgan fingerprint density at radius 2 is 2.15 bits per heavy atom. The molecule has 1 aromatic carbocycles. The number of carbonyl (C=O) groups is 3. The minimum absolute atomic E-state index is 0.411. The molecule has 0 spiro atoms. The highest BCUT2D eigenvalue weighted by Gasteiger charge is 2.18. The lowest BCUT2D eigenvalue weighted by Crippen LogP contribution is -2.45. The lowest BCUT2D eigenvalue weighted by atomic mass is 10.2. The molecule has 2 N–H and O–H groups in total. The quantitative estimate of drug-likeness (QED) is 0.800. The standard InChI is InChI=1S/C13H15BrN2O4/c1-3-15-13(19)16-12(18)8(2)20-11-5-4-9(7-17)6-10(11)14/h4-8H,3H2,1-2H3,(H2,15,16,18,19). The van der Waals surface area contributed by atoms with Crippen molar-refractivity contribution in [2.45, 2.75) is 20.0 Å². The second-order valence-electron chi connectivity index (χ2n) is 3.92. The molecule has 6 nitrogen and oxygen atoms in total. The van der Waals surface area contributed by atoms with Crippen LogP contribution in [0, 0.1) is 0 Å². The Morgan fingerprint density at radius 1 is 1.45 bits per heavy atom. The Bertz CT molecular complexity index is 519. The van der Waals surface area contributed by atoms with Crippen molar-refractivity contribution in [3.63, 3.8) is 0 Å². The molecule has 1 aromatic rings. The second kappa shape index (κ2) is 7.64. The van der Waals surface area contributed by atoms with Crippen LogP contribution in [0.15, 0.2) is 22.7 Å². The van der Waals surface area contributed by atoms with Crippen LogP contribution in [0.5, 0.6) is 5.75 Å². The summed E-state index contributed by atoms with van der Waals surface area (Å²) in [6.07, 6.45) is -0.143. The maximum atomic E-state index is 11.7. The fraction of sp³-hybridized carbons (Fsp3) is 0.308. The van der Waals surface area contributed by atoms with Crippen LogP contribution in [0.4, 0.5) is 4.79 Å². The highest BCUT2D eigenvalue weighted by atomic mass is 79.9. The molecule has 0 saturated heterocycles. The summed E-state index contributed by atoms with van der Waals surface area (Å²) >= 11 is 3.25. The lowest BCUT2D eigenvalue weighted by Gasteiger charge is -2.15. The van der Waals surface area contributed by atoms with E-state index in [0.29, 0.717) is 28.6 Å². The van der Waals surface area contributed by atoms with Gasteiger partial charge in [0.25, 0.3) is 5.91 Å². The molecule has 0 aliphatic rings. The van der Waals surface area contributed by atoms with E-state index in [0.717, 1.165) is 0 Å². The summed E-state index contributed by atoms with van der Waals surface area (Å²) in [5.41, 5.74) is 0.489. The first-order chi connectivity index (χ1) is 9.47. The Morgan fingerprint density at radius 3 is 2.70 bits per heavy atom. The predicted molar refractivity (Wildman–Crippen MR) is 76.8 cm³/mol. The molecule has 0 aliphatic heterocycles. The van der Waals surface area contributed by atoms with Crippen molar-refractivity contribution in [1.82, 2.24) is 10.6 Å². The van der Waals surface area contributed by atoms with Gasteiger partial charge in [-0.3, -0.25) is 14.9 Å². The largest absolute Gasteiger partial charge is 0.480 e. The summed E-state index contributed by atoms with van der Waals surface area (Å²) in [5.74, 6) is -0.142. The van der Waals surface area contributed by atoms with Gasteiger partial charge in [-0.25, -0.2) is 4.79 Å². The number of halogens is 1. The van der Waals surface area contributed by atoms with Crippen molar-refractivity contribution >= 4 is 34.2 Å². The highest BCUT2D eigenvalue weighted by Crippen LogP contribution is 2.26. The fourth-order valence-corrected chi connectivity index (χ4v) is 1.84. The number of benzene rings is 1. The van der Waals surface area contributed by atoms with Crippen LogP contribution < -0.4 is 15.4 Å². The van der Waals surface area contributed by atoms with Crippen LogP contribution >= 0.6 is 15.9 Å². The van der Waals surface area contributed by atoms with E-state index in [1.54, 1.807) is 25.1 Å². The van der Waals surface area contributed by atoms with Crippen molar-refractivity contribution in [2.24, 2.45) is 0 Å². The average Bonchev–Trinajstić information content (AvgIpc) is 2.41. The van der Waals surface area contributed by atoms with Crippen molar-refractivity contribution < 1.29 is 19.1 Å². The van der Waals surface area contributed by atoms with Crippen LogP contribution in [0.2, 0.25) is 0 Å². The topological polar surface area (TPSA) is 84.5 Å². The van der Waals surface area contributed by atoms with Gasteiger partial charge in [-0.2, -0.15) is 0 Å². The summed E-state index contributed by atoms with van der Waals surface area (Å²) in [6, 6.07) is 4.16. The first-order valence-corrected chi connectivity index (χ1v) is 6.77. The first-order valence-electron chi connectivity index (χ1n) is 5.98. The minimum atomic E-state index is -0.851. The molecular formula is C13H15BrN2O4. The third-order valence-electron chi connectivity index (χ3n) is 2.34. The number of rotatable bonds is 5. The van der Waals surface area contributed by atoms with Gasteiger partial charge in [0.15, 0.2) is 6.10 Å². The van der Waals surface area contributed by atoms with E-state index in [1.807, 2.05) is 0 Å². The molecule has 0 fully saturated rings. The number of urea groups is 1. The van der Waals surface area contributed by atoms with Gasteiger partial charge in [-0.15, -0.1) is 0 Å². The third kappa shape index (κ3) is 4.65. The van der Waals surface area contributed by atoms with Crippen molar-refractivity contribution in [3.8, 4) is 5.75 Å². The first kappa shape index (κ1) is 16.2. The number of imide groups is 1. The van der Waals surface area contributed by atoms with Crippen molar-refractivity contribution in [2.75, 3.05) is 6.54 Å². The molecule has 0 bridgehead atoms.